The summed E-state index contributed by atoms with van der Waals surface area (Å²) in [4.78, 5) is 4.23. The van der Waals surface area contributed by atoms with Crippen LogP contribution in [0.3, 0.4) is 0 Å². The number of anilines is 1. The van der Waals surface area contributed by atoms with Crippen molar-refractivity contribution in [3.8, 4) is 6.07 Å². The third kappa shape index (κ3) is 2.48. The van der Waals surface area contributed by atoms with Crippen LogP contribution in [0.1, 0.15) is 24.0 Å². The number of pyridine rings is 1. The van der Waals surface area contributed by atoms with Crippen LogP contribution in [0.25, 0.3) is 0 Å². The van der Waals surface area contributed by atoms with E-state index in [4.69, 9.17) is 16.9 Å². The molecule has 100 valence electrons. The van der Waals surface area contributed by atoms with E-state index in [0.717, 1.165) is 24.4 Å². The highest BCUT2D eigenvalue weighted by atomic mass is 35.5. The van der Waals surface area contributed by atoms with Crippen LogP contribution in [0, 0.1) is 11.3 Å². The van der Waals surface area contributed by atoms with Gasteiger partial charge in [0.05, 0.1) is 5.56 Å². The third-order valence-electron chi connectivity index (χ3n) is 3.83. The Morgan fingerprint density at radius 2 is 2.00 bits per heavy atom. The van der Waals surface area contributed by atoms with Gasteiger partial charge in [-0.05, 0) is 42.7 Å². The van der Waals surface area contributed by atoms with Crippen LogP contribution in [-0.4, -0.2) is 11.5 Å². The molecule has 1 fully saturated rings. The average Bonchev–Trinajstić information content (AvgIpc) is 3.27. The van der Waals surface area contributed by atoms with Crippen LogP contribution < -0.4 is 5.32 Å². The maximum absolute atomic E-state index is 9.07. The number of benzene rings is 1. The molecule has 1 aliphatic rings. The predicted octanol–water partition coefficient (Wildman–Crippen LogP) is 3.75. The molecule has 4 heteroatoms. The molecule has 0 radical (unpaired) electrons. The van der Waals surface area contributed by atoms with Crippen molar-refractivity contribution in [3.05, 3.63) is 58.7 Å². The van der Waals surface area contributed by atoms with Crippen molar-refractivity contribution in [1.29, 1.82) is 5.26 Å². The molecule has 20 heavy (non-hydrogen) atoms. The zero-order chi connectivity index (χ0) is 14.0. The van der Waals surface area contributed by atoms with Gasteiger partial charge in [0.1, 0.15) is 11.9 Å². The van der Waals surface area contributed by atoms with Gasteiger partial charge in [-0.3, -0.25) is 0 Å². The lowest BCUT2D eigenvalue weighted by molar-refractivity contribution is 0.730. The summed E-state index contributed by atoms with van der Waals surface area (Å²) in [7, 11) is 0. The van der Waals surface area contributed by atoms with Crippen LogP contribution >= 0.6 is 11.6 Å². The van der Waals surface area contributed by atoms with Gasteiger partial charge in [0.15, 0.2) is 0 Å². The quantitative estimate of drug-likeness (QED) is 0.929. The molecule has 0 spiro atoms. The lowest BCUT2D eigenvalue weighted by Crippen LogP contribution is -2.20. The van der Waals surface area contributed by atoms with Gasteiger partial charge in [0.25, 0.3) is 0 Å². The number of nitrogens with zero attached hydrogens (tertiary/aromatic N) is 2. The van der Waals surface area contributed by atoms with E-state index in [1.165, 1.54) is 5.56 Å². The van der Waals surface area contributed by atoms with Crippen LogP contribution in [0.2, 0.25) is 5.02 Å². The molecule has 1 aromatic carbocycles. The van der Waals surface area contributed by atoms with Gasteiger partial charge in [-0.15, -0.1) is 0 Å². The smallest absolute Gasteiger partial charge is 0.143 e. The first kappa shape index (κ1) is 13.0. The van der Waals surface area contributed by atoms with Gasteiger partial charge in [-0.2, -0.15) is 5.26 Å². The molecule has 0 saturated heterocycles. The van der Waals surface area contributed by atoms with E-state index >= 15 is 0 Å². The highest BCUT2D eigenvalue weighted by molar-refractivity contribution is 6.30. The fourth-order valence-electron chi connectivity index (χ4n) is 2.41. The molecule has 0 bridgehead atoms. The monoisotopic (exact) mass is 283 g/mol. The van der Waals surface area contributed by atoms with Crippen molar-refractivity contribution in [1.82, 2.24) is 4.98 Å². The normalized spacial score (nSPS) is 15.4. The highest BCUT2D eigenvalue weighted by Crippen LogP contribution is 2.48. The van der Waals surface area contributed by atoms with Gasteiger partial charge in [0, 0.05) is 23.2 Å². The molecule has 0 aliphatic heterocycles. The number of rotatable bonds is 4. The maximum atomic E-state index is 9.07. The summed E-state index contributed by atoms with van der Waals surface area (Å²) in [5.41, 5.74) is 2.04. The lowest BCUT2D eigenvalue weighted by Gasteiger charge is -2.17. The molecule has 0 unspecified atom stereocenters. The van der Waals surface area contributed by atoms with E-state index < -0.39 is 0 Å². The van der Waals surface area contributed by atoms with Crippen molar-refractivity contribution < 1.29 is 0 Å². The van der Waals surface area contributed by atoms with Crippen LogP contribution in [-0.2, 0) is 5.41 Å². The zero-order valence-corrected chi connectivity index (χ0v) is 11.7. The summed E-state index contributed by atoms with van der Waals surface area (Å²) in [6, 6.07) is 13.7. The molecular formula is C16H14ClN3. The molecular weight excluding hydrogens is 270 g/mol. The summed E-state index contributed by atoms with van der Waals surface area (Å²) in [5.74, 6) is 0.662. The number of aromatic nitrogens is 1. The Morgan fingerprint density at radius 1 is 1.25 bits per heavy atom. The first-order valence-electron chi connectivity index (χ1n) is 6.59. The predicted molar refractivity (Wildman–Crippen MR) is 79.8 cm³/mol. The molecule has 1 saturated carbocycles. The fraction of sp³-hybridized carbons (Fsp3) is 0.250. The standard InChI is InChI=1S/C16H14ClN3/c17-14-5-3-13(4-6-14)16(7-8-16)11-20-15-12(10-18)2-1-9-19-15/h1-6,9H,7-8,11H2,(H,19,20). The van der Waals surface area contributed by atoms with Gasteiger partial charge >= 0.3 is 0 Å². The molecule has 3 rings (SSSR count). The van der Waals surface area contributed by atoms with Gasteiger partial charge in [0.2, 0.25) is 0 Å². The van der Waals surface area contributed by atoms with Crippen molar-refractivity contribution in [2.24, 2.45) is 0 Å². The Morgan fingerprint density at radius 3 is 2.65 bits per heavy atom. The van der Waals surface area contributed by atoms with Crippen molar-refractivity contribution >= 4 is 17.4 Å². The first-order valence-corrected chi connectivity index (χ1v) is 6.96. The van der Waals surface area contributed by atoms with E-state index in [1.54, 1.807) is 18.3 Å². The second kappa shape index (κ2) is 5.15. The summed E-state index contributed by atoms with van der Waals surface area (Å²) < 4.78 is 0. The van der Waals surface area contributed by atoms with Gasteiger partial charge in [-0.25, -0.2) is 4.98 Å². The van der Waals surface area contributed by atoms with E-state index in [9.17, 15) is 0 Å². The second-order valence-corrected chi connectivity index (χ2v) is 5.59. The van der Waals surface area contributed by atoms with Crippen molar-refractivity contribution in [3.63, 3.8) is 0 Å². The summed E-state index contributed by atoms with van der Waals surface area (Å²) >= 11 is 5.93. The number of nitrogens with one attached hydrogen (secondary N) is 1. The third-order valence-corrected chi connectivity index (χ3v) is 4.08. The van der Waals surface area contributed by atoms with E-state index in [2.05, 4.69) is 28.5 Å². The SMILES string of the molecule is N#Cc1cccnc1NCC1(c2ccc(Cl)cc2)CC1. The van der Waals surface area contributed by atoms with E-state index in [-0.39, 0.29) is 5.41 Å². The molecule has 2 aromatic rings. The molecule has 0 amide bonds. The fourth-order valence-corrected chi connectivity index (χ4v) is 2.54. The number of hydrogen-bond acceptors (Lipinski definition) is 3. The summed E-state index contributed by atoms with van der Waals surface area (Å²) in [5, 5.41) is 13.1. The topological polar surface area (TPSA) is 48.7 Å². The Labute approximate surface area is 123 Å². The Kier molecular flexibility index (Phi) is 3.33. The molecule has 1 heterocycles. The van der Waals surface area contributed by atoms with Gasteiger partial charge in [-0.1, -0.05) is 23.7 Å². The molecule has 1 aliphatic carbocycles. The summed E-state index contributed by atoms with van der Waals surface area (Å²) in [6.45, 7) is 0.792. The minimum absolute atomic E-state index is 0.162. The number of halogens is 1. The second-order valence-electron chi connectivity index (χ2n) is 5.15. The van der Waals surface area contributed by atoms with Crippen molar-refractivity contribution in [2.45, 2.75) is 18.3 Å². The minimum atomic E-state index is 0.162. The molecule has 1 aromatic heterocycles. The minimum Gasteiger partial charge on any atom is -0.368 e. The maximum Gasteiger partial charge on any atom is 0.143 e. The van der Waals surface area contributed by atoms with Crippen LogP contribution in [0.15, 0.2) is 42.6 Å². The zero-order valence-electron chi connectivity index (χ0n) is 10.9. The largest absolute Gasteiger partial charge is 0.368 e. The van der Waals surface area contributed by atoms with Crippen molar-refractivity contribution in [2.75, 3.05) is 11.9 Å². The highest BCUT2D eigenvalue weighted by Gasteiger charge is 2.44. The Balaban J connectivity index is 1.75. The Bertz CT molecular complexity index is 654. The van der Waals surface area contributed by atoms with Gasteiger partial charge < -0.3 is 5.32 Å². The molecule has 0 atom stereocenters. The number of hydrogen-bond donors (Lipinski definition) is 1. The lowest BCUT2D eigenvalue weighted by atomic mass is 9.96. The Hall–Kier alpha value is -2.05. The first-order chi connectivity index (χ1) is 9.73. The molecule has 1 N–H and O–H groups in total. The van der Waals surface area contributed by atoms with E-state index in [0.29, 0.717) is 11.4 Å². The summed E-state index contributed by atoms with van der Waals surface area (Å²) in [6.07, 6.45) is 4.00. The van der Waals surface area contributed by atoms with E-state index in [1.807, 2.05) is 12.1 Å². The average molecular weight is 284 g/mol. The van der Waals surface area contributed by atoms with Crippen LogP contribution in [0.5, 0.6) is 0 Å². The molecule has 3 nitrogen and oxygen atoms in total. The number of nitriles is 1. The van der Waals surface area contributed by atoms with Crippen LogP contribution in [0.4, 0.5) is 5.82 Å².